The Bertz CT molecular complexity index is 1010. The zero-order chi connectivity index (χ0) is 16.5. The number of nitrogen functional groups attached to an aromatic ring is 1. The van der Waals surface area contributed by atoms with Crippen LogP contribution in [-0.4, -0.2) is 25.3 Å². The van der Waals surface area contributed by atoms with Crippen molar-refractivity contribution in [1.29, 1.82) is 0 Å². The second kappa shape index (κ2) is 5.54. The third kappa shape index (κ3) is 2.38. The number of pyridine rings is 1. The molecule has 7 heteroatoms. The van der Waals surface area contributed by atoms with Gasteiger partial charge in [-0.2, -0.15) is 5.10 Å². The maximum absolute atomic E-state index is 9.40. The summed E-state index contributed by atoms with van der Waals surface area (Å²) in [5, 5.41) is 21.8. The average molecular weight is 318 g/mol. The lowest BCUT2D eigenvalue weighted by molar-refractivity contribution is 0.475. The molecule has 0 unspecified atom stereocenters. The van der Waals surface area contributed by atoms with Crippen LogP contribution in [0.2, 0.25) is 0 Å². The summed E-state index contributed by atoms with van der Waals surface area (Å²) in [7, 11) is 0. The van der Waals surface area contributed by atoms with Gasteiger partial charge in [-0.15, -0.1) is 5.10 Å². The highest BCUT2D eigenvalue weighted by molar-refractivity contribution is 6.04. The fraction of sp³-hybridized carbons (Fsp3) is 0. The summed E-state index contributed by atoms with van der Waals surface area (Å²) in [5.41, 5.74) is 9.98. The maximum Gasteiger partial charge on any atom is 0.162 e. The van der Waals surface area contributed by atoms with Crippen LogP contribution in [0.5, 0.6) is 5.75 Å². The molecule has 5 N–H and O–H groups in total. The number of phenols is 1. The highest BCUT2D eigenvalue weighted by Crippen LogP contribution is 2.35. The molecule has 0 aliphatic carbocycles. The quantitative estimate of drug-likeness (QED) is 0.432. The Hall–Kier alpha value is -3.61. The van der Waals surface area contributed by atoms with Crippen molar-refractivity contribution >= 4 is 28.2 Å². The molecule has 0 bridgehead atoms. The molecule has 118 valence electrons. The largest absolute Gasteiger partial charge is 0.508 e. The number of aromatic amines is 1. The number of hydrogen-bond donors (Lipinski definition) is 4. The number of H-pyrrole nitrogens is 1. The Labute approximate surface area is 137 Å². The molecule has 4 aromatic rings. The first kappa shape index (κ1) is 14.0. The van der Waals surface area contributed by atoms with Gasteiger partial charge in [-0.3, -0.25) is 0 Å². The van der Waals surface area contributed by atoms with Gasteiger partial charge in [0.2, 0.25) is 0 Å². The molecule has 0 spiro atoms. The monoisotopic (exact) mass is 318 g/mol. The molecule has 3 heterocycles. The fourth-order valence-electron chi connectivity index (χ4n) is 2.62. The molecule has 24 heavy (non-hydrogen) atoms. The molecule has 1 aromatic carbocycles. The molecule has 0 amide bonds. The standard InChI is InChI=1S/C17H14N6O/c18-16-12(2-1-7-19-16)13-8-21-23-17-15(13)14(9-20-17)22-10-3-5-11(24)6-4-10/h1-9,22,24H,(H2,18,19)(H,20,23). The molecular formula is C17H14N6O. The zero-order valence-corrected chi connectivity index (χ0v) is 12.6. The topological polar surface area (TPSA) is 113 Å². The van der Waals surface area contributed by atoms with Gasteiger partial charge in [0.05, 0.1) is 17.3 Å². The number of aromatic hydroxyl groups is 1. The molecule has 0 radical (unpaired) electrons. The normalized spacial score (nSPS) is 10.8. The lowest BCUT2D eigenvalue weighted by Crippen LogP contribution is -1.96. The number of benzene rings is 1. The van der Waals surface area contributed by atoms with E-state index in [1.165, 1.54) is 0 Å². The van der Waals surface area contributed by atoms with Crippen LogP contribution in [0.4, 0.5) is 17.2 Å². The van der Waals surface area contributed by atoms with Crippen LogP contribution in [-0.2, 0) is 0 Å². The minimum absolute atomic E-state index is 0.217. The van der Waals surface area contributed by atoms with E-state index in [-0.39, 0.29) is 5.75 Å². The van der Waals surface area contributed by atoms with E-state index in [9.17, 15) is 5.11 Å². The number of nitrogens with one attached hydrogen (secondary N) is 2. The van der Waals surface area contributed by atoms with Crippen molar-refractivity contribution in [3.05, 3.63) is 55.0 Å². The Kier molecular flexibility index (Phi) is 3.24. The van der Waals surface area contributed by atoms with Gasteiger partial charge in [0, 0.05) is 29.2 Å². The van der Waals surface area contributed by atoms with E-state index >= 15 is 0 Å². The Morgan fingerprint density at radius 1 is 1.08 bits per heavy atom. The maximum atomic E-state index is 9.40. The van der Waals surface area contributed by atoms with Crippen molar-refractivity contribution in [3.8, 4) is 16.9 Å². The molecule has 7 nitrogen and oxygen atoms in total. The van der Waals surface area contributed by atoms with Crippen LogP contribution in [0.25, 0.3) is 22.2 Å². The predicted octanol–water partition coefficient (Wildman–Crippen LogP) is 3.05. The van der Waals surface area contributed by atoms with E-state index in [4.69, 9.17) is 5.73 Å². The number of hydrogen-bond acceptors (Lipinski definition) is 6. The smallest absolute Gasteiger partial charge is 0.162 e. The SMILES string of the molecule is Nc1ncccc1-c1cnnc2[nH]cc(Nc3ccc(O)cc3)c12. The summed E-state index contributed by atoms with van der Waals surface area (Å²) in [4.78, 5) is 7.24. The van der Waals surface area contributed by atoms with Crippen molar-refractivity contribution in [1.82, 2.24) is 20.2 Å². The van der Waals surface area contributed by atoms with E-state index in [0.29, 0.717) is 11.5 Å². The van der Waals surface area contributed by atoms with Crippen LogP contribution in [0.1, 0.15) is 0 Å². The van der Waals surface area contributed by atoms with Gasteiger partial charge in [-0.25, -0.2) is 4.98 Å². The summed E-state index contributed by atoms with van der Waals surface area (Å²) in [6.07, 6.45) is 5.14. The number of rotatable bonds is 3. The number of fused-ring (bicyclic) bond motifs is 1. The first-order valence-corrected chi connectivity index (χ1v) is 7.32. The van der Waals surface area contributed by atoms with Crippen molar-refractivity contribution < 1.29 is 5.11 Å². The second-order valence-electron chi connectivity index (χ2n) is 5.29. The van der Waals surface area contributed by atoms with Gasteiger partial charge in [0.25, 0.3) is 0 Å². The van der Waals surface area contributed by atoms with Crippen LogP contribution >= 0.6 is 0 Å². The highest BCUT2D eigenvalue weighted by Gasteiger charge is 2.14. The van der Waals surface area contributed by atoms with Crippen molar-refractivity contribution in [2.45, 2.75) is 0 Å². The van der Waals surface area contributed by atoms with Gasteiger partial charge >= 0.3 is 0 Å². The highest BCUT2D eigenvalue weighted by atomic mass is 16.3. The minimum Gasteiger partial charge on any atom is -0.508 e. The Balaban J connectivity index is 1.86. The van der Waals surface area contributed by atoms with Crippen LogP contribution < -0.4 is 11.1 Å². The molecule has 0 saturated heterocycles. The van der Waals surface area contributed by atoms with Gasteiger partial charge in [0.15, 0.2) is 5.65 Å². The zero-order valence-electron chi connectivity index (χ0n) is 12.6. The first-order valence-electron chi connectivity index (χ1n) is 7.32. The number of anilines is 3. The molecule has 0 aliphatic rings. The number of aromatic nitrogens is 4. The predicted molar refractivity (Wildman–Crippen MR) is 92.9 cm³/mol. The number of nitrogens with two attached hydrogens (primary N) is 1. The molecule has 0 fully saturated rings. The molecule has 0 atom stereocenters. The average Bonchev–Trinajstić information content (AvgIpc) is 3.01. The van der Waals surface area contributed by atoms with Gasteiger partial charge in [-0.05, 0) is 36.4 Å². The summed E-state index contributed by atoms with van der Waals surface area (Å²) < 4.78 is 0. The Morgan fingerprint density at radius 2 is 1.92 bits per heavy atom. The summed E-state index contributed by atoms with van der Waals surface area (Å²) in [6.45, 7) is 0. The van der Waals surface area contributed by atoms with Crippen LogP contribution in [0.3, 0.4) is 0 Å². The third-order valence-electron chi connectivity index (χ3n) is 3.75. The van der Waals surface area contributed by atoms with E-state index < -0.39 is 0 Å². The van der Waals surface area contributed by atoms with E-state index in [0.717, 1.165) is 27.9 Å². The van der Waals surface area contributed by atoms with Gasteiger partial charge in [-0.1, -0.05) is 0 Å². The van der Waals surface area contributed by atoms with E-state index in [1.54, 1.807) is 36.7 Å². The van der Waals surface area contributed by atoms with Gasteiger partial charge in [0.1, 0.15) is 11.6 Å². The van der Waals surface area contributed by atoms with E-state index in [1.807, 2.05) is 18.3 Å². The molecule has 0 saturated carbocycles. The van der Waals surface area contributed by atoms with Crippen LogP contribution in [0.15, 0.2) is 55.0 Å². The lowest BCUT2D eigenvalue weighted by atomic mass is 10.1. The Morgan fingerprint density at radius 3 is 2.71 bits per heavy atom. The number of nitrogens with zero attached hydrogens (tertiary/aromatic N) is 3. The number of phenolic OH excluding ortho intramolecular Hbond substituents is 1. The molecule has 3 aromatic heterocycles. The molecular weight excluding hydrogens is 304 g/mol. The minimum atomic E-state index is 0.217. The summed E-state index contributed by atoms with van der Waals surface area (Å²) in [6, 6.07) is 10.6. The second-order valence-corrected chi connectivity index (χ2v) is 5.29. The summed E-state index contributed by atoms with van der Waals surface area (Å²) in [5.74, 6) is 0.651. The van der Waals surface area contributed by atoms with Crippen molar-refractivity contribution in [2.24, 2.45) is 0 Å². The summed E-state index contributed by atoms with van der Waals surface area (Å²) >= 11 is 0. The third-order valence-corrected chi connectivity index (χ3v) is 3.75. The molecule has 0 aliphatic heterocycles. The first-order chi connectivity index (χ1) is 11.7. The van der Waals surface area contributed by atoms with Gasteiger partial charge < -0.3 is 21.1 Å². The van der Waals surface area contributed by atoms with E-state index in [2.05, 4.69) is 25.5 Å². The lowest BCUT2D eigenvalue weighted by Gasteiger charge is -2.09. The van der Waals surface area contributed by atoms with Crippen molar-refractivity contribution in [3.63, 3.8) is 0 Å². The fourth-order valence-corrected chi connectivity index (χ4v) is 2.62. The van der Waals surface area contributed by atoms with Crippen LogP contribution in [0, 0.1) is 0 Å². The van der Waals surface area contributed by atoms with Crippen molar-refractivity contribution in [2.75, 3.05) is 11.1 Å². The molecule has 4 rings (SSSR count).